The van der Waals surface area contributed by atoms with Crippen LogP contribution in [0.5, 0.6) is 0 Å². The summed E-state index contributed by atoms with van der Waals surface area (Å²) in [6.45, 7) is 12.7. The van der Waals surface area contributed by atoms with Crippen LogP contribution in [0, 0.1) is 27.7 Å². The van der Waals surface area contributed by atoms with Crippen LogP contribution in [0.3, 0.4) is 0 Å². The Hall–Kier alpha value is -1.95. The summed E-state index contributed by atoms with van der Waals surface area (Å²) in [6, 6.07) is 10.7. The van der Waals surface area contributed by atoms with Crippen LogP contribution in [-0.2, 0) is 13.1 Å². The molecule has 0 saturated carbocycles. The van der Waals surface area contributed by atoms with Gasteiger partial charge in [-0.2, -0.15) is 0 Å². The molecule has 1 atom stereocenters. The Labute approximate surface area is 166 Å². The average molecular weight is 384 g/mol. The molecule has 0 aromatic carbocycles. The maximum Gasteiger partial charge on any atom is 0.139 e. The summed E-state index contributed by atoms with van der Waals surface area (Å²) >= 11 is 1.83. The predicted molar refractivity (Wildman–Crippen MR) is 113 cm³/mol. The Morgan fingerprint density at radius 1 is 1.15 bits per heavy atom. The van der Waals surface area contributed by atoms with E-state index in [1.807, 2.05) is 30.5 Å². The van der Waals surface area contributed by atoms with E-state index in [0.717, 1.165) is 18.9 Å². The van der Waals surface area contributed by atoms with Crippen molar-refractivity contribution >= 4 is 11.3 Å². The second-order valence-corrected chi connectivity index (χ2v) is 8.78. The first-order valence-corrected chi connectivity index (χ1v) is 10.2. The molecule has 3 aromatic rings. The molecular formula is C22H29N3OS. The molecule has 27 heavy (non-hydrogen) atoms. The summed E-state index contributed by atoms with van der Waals surface area (Å²) in [6.07, 6.45) is 1.49. The third-order valence-electron chi connectivity index (χ3n) is 4.82. The smallest absolute Gasteiger partial charge is 0.139 e. The van der Waals surface area contributed by atoms with Gasteiger partial charge in [0.1, 0.15) is 5.82 Å². The van der Waals surface area contributed by atoms with Crippen LogP contribution in [0.2, 0.25) is 0 Å². The van der Waals surface area contributed by atoms with Gasteiger partial charge in [-0.1, -0.05) is 6.07 Å². The van der Waals surface area contributed by atoms with E-state index < -0.39 is 0 Å². The van der Waals surface area contributed by atoms with Gasteiger partial charge in [0.05, 0.1) is 6.10 Å². The number of pyridine rings is 1. The highest BCUT2D eigenvalue weighted by Gasteiger charge is 2.17. The molecule has 0 spiro atoms. The average Bonchev–Trinajstić information content (AvgIpc) is 3.11. The van der Waals surface area contributed by atoms with Crippen molar-refractivity contribution in [2.45, 2.75) is 53.8 Å². The first-order valence-electron chi connectivity index (χ1n) is 9.40. The highest BCUT2D eigenvalue weighted by Crippen LogP contribution is 2.24. The third-order valence-corrected chi connectivity index (χ3v) is 5.81. The van der Waals surface area contributed by atoms with Gasteiger partial charge < -0.3 is 9.67 Å². The molecule has 0 bridgehead atoms. The molecule has 0 aliphatic heterocycles. The van der Waals surface area contributed by atoms with Crippen molar-refractivity contribution in [2.24, 2.45) is 0 Å². The zero-order valence-electron chi connectivity index (χ0n) is 16.9. The minimum Gasteiger partial charge on any atom is -0.392 e. The topological polar surface area (TPSA) is 41.3 Å². The van der Waals surface area contributed by atoms with Crippen LogP contribution in [0.15, 0.2) is 36.5 Å². The Morgan fingerprint density at radius 3 is 2.56 bits per heavy atom. The summed E-state index contributed by atoms with van der Waals surface area (Å²) in [4.78, 5) is 9.58. The Balaban J connectivity index is 1.88. The minimum atomic E-state index is -0.354. The minimum absolute atomic E-state index is 0.354. The van der Waals surface area contributed by atoms with Crippen molar-refractivity contribution in [3.05, 3.63) is 68.8 Å². The summed E-state index contributed by atoms with van der Waals surface area (Å²) in [7, 11) is 0. The second kappa shape index (κ2) is 8.38. The molecule has 0 unspecified atom stereocenters. The van der Waals surface area contributed by atoms with Crippen molar-refractivity contribution in [3.63, 3.8) is 0 Å². The van der Waals surface area contributed by atoms with Crippen LogP contribution in [0.4, 0.5) is 0 Å². The van der Waals surface area contributed by atoms with Crippen LogP contribution in [-0.4, -0.2) is 32.2 Å². The number of aromatic nitrogens is 2. The quantitative estimate of drug-likeness (QED) is 0.651. The summed E-state index contributed by atoms with van der Waals surface area (Å²) in [5.74, 6) is 0.995. The maximum atomic E-state index is 9.97. The number of aliphatic hydroxyl groups excluding tert-OH is 1. The lowest BCUT2D eigenvalue weighted by atomic mass is 10.2. The molecule has 0 radical (unpaired) electrons. The summed E-state index contributed by atoms with van der Waals surface area (Å²) < 4.78 is 2.24. The maximum absolute atomic E-state index is 9.97. The first kappa shape index (κ1) is 19.8. The largest absolute Gasteiger partial charge is 0.392 e. The van der Waals surface area contributed by atoms with Crippen LogP contribution < -0.4 is 0 Å². The monoisotopic (exact) mass is 383 g/mol. The lowest BCUT2D eigenvalue weighted by Crippen LogP contribution is -2.30. The molecule has 144 valence electrons. The standard InChI is InChI=1S/C22H29N3OS/c1-15-7-6-10-23-22(15)25-16(2)11-20(19(25)5)13-24(12-17(3)26)14-21-9-8-18(4)27-21/h6-11,17,26H,12-14H2,1-5H3/t17-/m0/s1. The molecule has 3 rings (SSSR count). The Morgan fingerprint density at radius 2 is 1.93 bits per heavy atom. The van der Waals surface area contributed by atoms with Crippen LogP contribution in [0.1, 0.15) is 39.2 Å². The molecular weight excluding hydrogens is 354 g/mol. The molecule has 0 aliphatic rings. The van der Waals surface area contributed by atoms with E-state index in [-0.39, 0.29) is 6.10 Å². The molecule has 1 N–H and O–H groups in total. The highest BCUT2D eigenvalue weighted by atomic mass is 32.1. The molecule has 3 heterocycles. The van der Waals surface area contributed by atoms with Gasteiger partial charge in [-0.05, 0) is 70.0 Å². The van der Waals surface area contributed by atoms with Crippen molar-refractivity contribution in [1.82, 2.24) is 14.5 Å². The molecule has 5 heteroatoms. The lowest BCUT2D eigenvalue weighted by molar-refractivity contribution is 0.118. The molecule has 0 fully saturated rings. The lowest BCUT2D eigenvalue weighted by Gasteiger charge is -2.23. The molecule has 4 nitrogen and oxygen atoms in total. The van der Waals surface area contributed by atoms with E-state index in [9.17, 15) is 5.11 Å². The van der Waals surface area contributed by atoms with Crippen molar-refractivity contribution < 1.29 is 5.11 Å². The van der Waals surface area contributed by atoms with Gasteiger partial charge in [0.2, 0.25) is 0 Å². The number of nitrogens with zero attached hydrogens (tertiary/aromatic N) is 3. The van der Waals surface area contributed by atoms with Gasteiger partial charge in [-0.25, -0.2) is 4.98 Å². The van der Waals surface area contributed by atoms with Gasteiger partial charge in [0, 0.05) is 47.0 Å². The van der Waals surface area contributed by atoms with Gasteiger partial charge in [0.15, 0.2) is 0 Å². The fourth-order valence-corrected chi connectivity index (χ4v) is 4.55. The van der Waals surface area contributed by atoms with Crippen molar-refractivity contribution in [3.8, 4) is 5.82 Å². The fraction of sp³-hybridized carbons (Fsp3) is 0.409. The van der Waals surface area contributed by atoms with Crippen LogP contribution in [0.25, 0.3) is 5.82 Å². The highest BCUT2D eigenvalue weighted by molar-refractivity contribution is 7.11. The fourth-order valence-electron chi connectivity index (χ4n) is 3.62. The number of aliphatic hydroxyl groups is 1. The van der Waals surface area contributed by atoms with Gasteiger partial charge in [-0.15, -0.1) is 11.3 Å². The van der Waals surface area contributed by atoms with E-state index in [4.69, 9.17) is 0 Å². The SMILES string of the molecule is Cc1ccc(CN(Cc2cc(C)n(-c3ncccc3C)c2C)C[C@H](C)O)s1. The zero-order valence-corrected chi connectivity index (χ0v) is 17.7. The number of hydrogen-bond donors (Lipinski definition) is 1. The van der Waals surface area contributed by atoms with E-state index in [2.05, 4.69) is 66.4 Å². The number of hydrogen-bond acceptors (Lipinski definition) is 4. The second-order valence-electron chi connectivity index (χ2n) is 7.41. The van der Waals surface area contributed by atoms with Gasteiger partial charge in [-0.3, -0.25) is 4.90 Å². The van der Waals surface area contributed by atoms with Gasteiger partial charge in [0.25, 0.3) is 0 Å². The van der Waals surface area contributed by atoms with Gasteiger partial charge >= 0.3 is 0 Å². The van der Waals surface area contributed by atoms with Crippen LogP contribution >= 0.6 is 11.3 Å². The summed E-state index contributed by atoms with van der Waals surface area (Å²) in [5, 5.41) is 9.97. The Bertz CT molecular complexity index is 910. The molecule has 0 aliphatic carbocycles. The van der Waals surface area contributed by atoms with Crippen molar-refractivity contribution in [1.29, 1.82) is 0 Å². The molecule has 0 amide bonds. The van der Waals surface area contributed by atoms with Crippen molar-refractivity contribution in [2.75, 3.05) is 6.54 Å². The summed E-state index contributed by atoms with van der Waals surface area (Å²) in [5.41, 5.74) is 4.85. The zero-order chi connectivity index (χ0) is 19.6. The number of aryl methyl sites for hydroxylation is 3. The number of thiophene rings is 1. The first-order chi connectivity index (χ1) is 12.8. The third kappa shape index (κ3) is 4.67. The number of rotatable bonds is 7. The normalized spacial score (nSPS) is 12.7. The molecule has 0 saturated heterocycles. The predicted octanol–water partition coefficient (Wildman–Crippen LogP) is 4.55. The Kier molecular flexibility index (Phi) is 6.15. The molecule has 3 aromatic heterocycles. The van der Waals surface area contributed by atoms with E-state index in [1.165, 1.54) is 32.3 Å². The van der Waals surface area contributed by atoms with E-state index in [1.54, 1.807) is 0 Å². The van der Waals surface area contributed by atoms with E-state index in [0.29, 0.717) is 6.54 Å². The van der Waals surface area contributed by atoms with E-state index >= 15 is 0 Å².